The second-order valence-electron chi connectivity index (χ2n) is 9.76. The van der Waals surface area contributed by atoms with Crippen LogP contribution in [-0.2, 0) is 4.79 Å². The predicted octanol–water partition coefficient (Wildman–Crippen LogP) is 2.11. The van der Waals surface area contributed by atoms with Gasteiger partial charge >= 0.3 is 5.97 Å². The maximum absolute atomic E-state index is 13.2. The number of carbonyl (C=O) groups excluding carboxylic acids is 1. The third-order valence-corrected chi connectivity index (χ3v) is 7.83. The van der Waals surface area contributed by atoms with Gasteiger partial charge in [0.05, 0.1) is 24.3 Å². The van der Waals surface area contributed by atoms with Gasteiger partial charge in [-0.15, -0.1) is 0 Å². The van der Waals surface area contributed by atoms with Gasteiger partial charge in [0.1, 0.15) is 30.1 Å². The molecule has 3 aliphatic heterocycles. The van der Waals surface area contributed by atoms with Crippen LogP contribution in [0.25, 0.3) is 0 Å². The lowest BCUT2D eigenvalue weighted by Crippen LogP contribution is -2.54. The minimum atomic E-state index is -0.656. The molecule has 3 fully saturated rings. The summed E-state index contributed by atoms with van der Waals surface area (Å²) in [6, 6.07) is 4.69. The van der Waals surface area contributed by atoms with Crippen molar-refractivity contribution in [3.8, 4) is 5.88 Å². The number of carbonyl (C=O) groups is 2. The van der Waals surface area contributed by atoms with E-state index in [0.29, 0.717) is 30.9 Å². The van der Waals surface area contributed by atoms with Gasteiger partial charge < -0.3 is 25.4 Å². The SMILES string of the molecule is Nc1ncnc2c1C(=O)N(c1ccc(N3C4CCC3CC3(CC(C(=O)O)C3)C4)nc1)CCO2. The highest BCUT2D eigenvalue weighted by molar-refractivity contribution is 6.10. The van der Waals surface area contributed by atoms with Gasteiger partial charge in [-0.05, 0) is 56.1 Å². The molecule has 3 N–H and O–H groups in total. The molecular weight excluding hydrogens is 424 g/mol. The van der Waals surface area contributed by atoms with Crippen molar-refractivity contribution in [2.24, 2.45) is 11.3 Å². The largest absolute Gasteiger partial charge is 0.481 e. The van der Waals surface area contributed by atoms with Gasteiger partial charge in [0.25, 0.3) is 5.91 Å². The van der Waals surface area contributed by atoms with Gasteiger partial charge in [-0.2, -0.15) is 0 Å². The fraction of sp³-hybridized carbons (Fsp3) is 0.522. The van der Waals surface area contributed by atoms with Crippen LogP contribution < -0.4 is 20.3 Å². The van der Waals surface area contributed by atoms with Gasteiger partial charge in [-0.3, -0.25) is 9.59 Å². The van der Waals surface area contributed by atoms with Gasteiger partial charge in [0, 0.05) is 12.1 Å². The monoisotopic (exact) mass is 450 g/mol. The van der Waals surface area contributed by atoms with Crippen LogP contribution in [0, 0.1) is 11.3 Å². The Hall–Kier alpha value is -3.43. The van der Waals surface area contributed by atoms with Crippen molar-refractivity contribution in [1.82, 2.24) is 15.0 Å². The number of piperidine rings is 1. The van der Waals surface area contributed by atoms with Crippen molar-refractivity contribution in [1.29, 1.82) is 0 Å². The summed E-state index contributed by atoms with van der Waals surface area (Å²) in [4.78, 5) is 41.2. The fourth-order valence-electron chi connectivity index (χ4n) is 6.41. The lowest BCUT2D eigenvalue weighted by molar-refractivity contribution is -0.151. The number of amides is 1. The molecule has 2 aromatic heterocycles. The fourth-order valence-corrected chi connectivity index (χ4v) is 6.41. The van der Waals surface area contributed by atoms with Crippen LogP contribution in [0.2, 0.25) is 0 Å². The summed E-state index contributed by atoms with van der Waals surface area (Å²) in [7, 11) is 0. The second kappa shape index (κ2) is 7.29. The highest BCUT2D eigenvalue weighted by atomic mass is 16.5. The summed E-state index contributed by atoms with van der Waals surface area (Å²) < 4.78 is 5.61. The zero-order valence-electron chi connectivity index (χ0n) is 18.2. The van der Waals surface area contributed by atoms with Crippen LogP contribution in [-0.4, -0.2) is 57.2 Å². The number of carboxylic acids is 1. The molecule has 33 heavy (non-hydrogen) atoms. The molecule has 2 saturated heterocycles. The standard InChI is InChI=1S/C23H26N6O4/c24-19-18-20(27-12-26-19)33-6-5-28(21(18)30)16-3-4-17(25-11-16)29-14-1-2-15(29)10-23(9-14)7-13(8-23)22(31)32/h3-4,11-15H,1-2,5-10H2,(H,31,32)(H2,24,26,27). The second-order valence-corrected chi connectivity index (χ2v) is 9.76. The number of ether oxygens (including phenoxy) is 1. The van der Waals surface area contributed by atoms with Crippen LogP contribution in [0.15, 0.2) is 24.7 Å². The molecule has 10 heteroatoms. The van der Waals surface area contributed by atoms with Crippen LogP contribution in [0.1, 0.15) is 48.9 Å². The van der Waals surface area contributed by atoms with E-state index >= 15 is 0 Å². The van der Waals surface area contributed by atoms with Gasteiger partial charge in [0.2, 0.25) is 5.88 Å². The number of carboxylic acid groups (broad SMARTS) is 1. The number of rotatable bonds is 3. The van der Waals surface area contributed by atoms with E-state index in [-0.39, 0.29) is 34.5 Å². The van der Waals surface area contributed by atoms with Crippen LogP contribution in [0.3, 0.4) is 0 Å². The van der Waals surface area contributed by atoms with Crippen molar-refractivity contribution < 1.29 is 19.4 Å². The molecule has 2 bridgehead atoms. The summed E-state index contributed by atoms with van der Waals surface area (Å²) in [5, 5.41) is 9.29. The van der Waals surface area contributed by atoms with E-state index in [2.05, 4.69) is 14.9 Å². The molecule has 2 unspecified atom stereocenters. The molecule has 172 valence electrons. The number of fused-ring (bicyclic) bond motifs is 3. The number of aromatic nitrogens is 3. The van der Waals surface area contributed by atoms with Crippen molar-refractivity contribution >= 4 is 29.2 Å². The molecule has 1 spiro atoms. The molecule has 6 rings (SSSR count). The first-order valence-corrected chi connectivity index (χ1v) is 11.5. The van der Waals surface area contributed by atoms with E-state index in [9.17, 15) is 14.7 Å². The molecular formula is C23H26N6O4. The topological polar surface area (TPSA) is 135 Å². The molecule has 5 heterocycles. The van der Waals surface area contributed by atoms with Gasteiger partial charge in [0.15, 0.2) is 0 Å². The zero-order chi connectivity index (χ0) is 22.7. The number of hydrogen-bond donors (Lipinski definition) is 2. The predicted molar refractivity (Wildman–Crippen MR) is 119 cm³/mol. The van der Waals surface area contributed by atoms with E-state index in [1.165, 1.54) is 6.33 Å². The lowest BCUT2D eigenvalue weighted by atomic mass is 9.56. The maximum atomic E-state index is 13.2. The normalized spacial score (nSPS) is 30.4. The number of pyridine rings is 1. The summed E-state index contributed by atoms with van der Waals surface area (Å²) in [5.74, 6) is 0.0937. The third-order valence-electron chi connectivity index (χ3n) is 7.83. The van der Waals surface area contributed by atoms with E-state index in [4.69, 9.17) is 15.5 Å². The number of aliphatic carboxylic acids is 1. The van der Waals surface area contributed by atoms with E-state index in [1.54, 1.807) is 11.1 Å². The highest BCUT2D eigenvalue weighted by Crippen LogP contribution is 2.58. The number of hydrogen-bond acceptors (Lipinski definition) is 8. The molecule has 0 aromatic carbocycles. The summed E-state index contributed by atoms with van der Waals surface area (Å²) in [5.41, 5.74) is 6.98. The molecule has 1 aliphatic carbocycles. The van der Waals surface area contributed by atoms with Crippen molar-refractivity contribution in [2.45, 2.75) is 50.6 Å². The number of nitrogen functional groups attached to an aromatic ring is 1. The average Bonchev–Trinajstić information content (AvgIpc) is 2.94. The van der Waals surface area contributed by atoms with Crippen molar-refractivity contribution in [3.05, 3.63) is 30.2 Å². The van der Waals surface area contributed by atoms with Gasteiger partial charge in [-0.25, -0.2) is 15.0 Å². The first-order valence-electron chi connectivity index (χ1n) is 11.5. The Labute approximate surface area is 190 Å². The molecule has 1 amide bonds. The molecule has 10 nitrogen and oxygen atoms in total. The Morgan fingerprint density at radius 3 is 2.55 bits per heavy atom. The van der Waals surface area contributed by atoms with E-state index < -0.39 is 5.97 Å². The first kappa shape index (κ1) is 20.2. The minimum absolute atomic E-state index is 0.0985. The maximum Gasteiger partial charge on any atom is 0.306 e. The lowest BCUT2D eigenvalue weighted by Gasteiger charge is -2.54. The first-order chi connectivity index (χ1) is 15.9. The van der Waals surface area contributed by atoms with E-state index in [0.717, 1.165) is 44.3 Å². The van der Waals surface area contributed by atoms with Crippen LogP contribution in [0.4, 0.5) is 17.3 Å². The summed E-state index contributed by atoms with van der Waals surface area (Å²) in [6.07, 6.45) is 8.94. The van der Waals surface area contributed by atoms with Crippen molar-refractivity contribution in [3.63, 3.8) is 0 Å². The third kappa shape index (κ3) is 3.19. The Balaban J connectivity index is 1.21. The average molecular weight is 450 g/mol. The van der Waals surface area contributed by atoms with Gasteiger partial charge in [-0.1, -0.05) is 0 Å². The molecule has 1 saturated carbocycles. The summed E-state index contributed by atoms with van der Waals surface area (Å²) in [6.45, 7) is 0.657. The number of nitrogens with two attached hydrogens (primary N) is 1. The number of nitrogens with zero attached hydrogens (tertiary/aromatic N) is 5. The van der Waals surface area contributed by atoms with Crippen LogP contribution in [0.5, 0.6) is 5.88 Å². The molecule has 0 radical (unpaired) electrons. The zero-order valence-corrected chi connectivity index (χ0v) is 18.2. The van der Waals surface area contributed by atoms with Crippen LogP contribution >= 0.6 is 0 Å². The highest BCUT2D eigenvalue weighted by Gasteiger charge is 2.55. The molecule has 2 aromatic rings. The number of anilines is 3. The quantitative estimate of drug-likeness (QED) is 0.721. The molecule has 4 aliphatic rings. The molecule has 2 atom stereocenters. The van der Waals surface area contributed by atoms with Crippen molar-refractivity contribution in [2.75, 3.05) is 28.7 Å². The van der Waals surface area contributed by atoms with E-state index in [1.807, 2.05) is 12.1 Å². The Morgan fingerprint density at radius 1 is 1.12 bits per heavy atom. The minimum Gasteiger partial charge on any atom is -0.481 e. The Bertz CT molecular complexity index is 1100. The summed E-state index contributed by atoms with van der Waals surface area (Å²) >= 11 is 0. The Kier molecular flexibility index (Phi) is 4.46. The Morgan fingerprint density at radius 2 is 1.88 bits per heavy atom. The smallest absolute Gasteiger partial charge is 0.306 e.